The second kappa shape index (κ2) is 5.83. The molecule has 10 heteroatoms. The third kappa shape index (κ3) is 2.86. The SMILES string of the molecule is O=C(O)CC[C@@H](C(=O)O)N1C(=O)c2ccc([N+](=O)[O-])cc2C1=O. The molecular weight excluding hydrogens is 312 g/mol. The number of carboxylic acids is 2. The van der Waals surface area contributed by atoms with E-state index in [1.54, 1.807) is 0 Å². The van der Waals surface area contributed by atoms with E-state index in [0.29, 0.717) is 4.90 Å². The van der Waals surface area contributed by atoms with Gasteiger partial charge >= 0.3 is 11.9 Å². The molecule has 0 fully saturated rings. The van der Waals surface area contributed by atoms with E-state index in [2.05, 4.69) is 0 Å². The van der Waals surface area contributed by atoms with Crippen molar-refractivity contribution in [3.63, 3.8) is 0 Å². The second-order valence-corrected chi connectivity index (χ2v) is 4.75. The van der Waals surface area contributed by atoms with Gasteiger partial charge in [0, 0.05) is 18.6 Å². The molecule has 2 amide bonds. The van der Waals surface area contributed by atoms with Gasteiger partial charge in [0.1, 0.15) is 6.04 Å². The molecule has 10 nitrogen and oxygen atoms in total. The van der Waals surface area contributed by atoms with Crippen LogP contribution in [-0.2, 0) is 9.59 Å². The Morgan fingerprint density at radius 1 is 1.17 bits per heavy atom. The van der Waals surface area contributed by atoms with Gasteiger partial charge in [-0.05, 0) is 12.5 Å². The van der Waals surface area contributed by atoms with Crippen LogP contribution in [0.15, 0.2) is 18.2 Å². The van der Waals surface area contributed by atoms with Crippen molar-refractivity contribution in [1.82, 2.24) is 4.90 Å². The molecule has 1 aromatic carbocycles. The van der Waals surface area contributed by atoms with Crippen molar-refractivity contribution in [2.75, 3.05) is 0 Å². The fourth-order valence-electron chi connectivity index (χ4n) is 2.27. The molecule has 0 radical (unpaired) electrons. The number of benzene rings is 1. The molecule has 1 aromatic rings. The molecular formula is C13H10N2O8. The summed E-state index contributed by atoms with van der Waals surface area (Å²) < 4.78 is 0. The van der Waals surface area contributed by atoms with Crippen LogP contribution in [0.4, 0.5) is 5.69 Å². The maximum atomic E-state index is 12.2. The highest BCUT2D eigenvalue weighted by atomic mass is 16.6. The fraction of sp³-hybridized carbons (Fsp3) is 0.231. The molecule has 1 aliphatic rings. The van der Waals surface area contributed by atoms with Gasteiger partial charge in [-0.3, -0.25) is 29.4 Å². The molecule has 23 heavy (non-hydrogen) atoms. The number of nitro benzene ring substituents is 1. The summed E-state index contributed by atoms with van der Waals surface area (Å²) in [7, 11) is 0. The lowest BCUT2D eigenvalue weighted by molar-refractivity contribution is -0.384. The number of hydrogen-bond acceptors (Lipinski definition) is 6. The van der Waals surface area contributed by atoms with Crippen molar-refractivity contribution >= 4 is 29.4 Å². The van der Waals surface area contributed by atoms with Crippen molar-refractivity contribution < 1.29 is 34.3 Å². The summed E-state index contributed by atoms with van der Waals surface area (Å²) in [6.45, 7) is 0. The molecule has 1 aliphatic heterocycles. The second-order valence-electron chi connectivity index (χ2n) is 4.75. The van der Waals surface area contributed by atoms with Gasteiger partial charge in [-0.1, -0.05) is 0 Å². The normalized spacial score (nSPS) is 14.5. The minimum absolute atomic E-state index is 0.151. The highest BCUT2D eigenvalue weighted by Gasteiger charge is 2.43. The van der Waals surface area contributed by atoms with Crippen molar-refractivity contribution in [1.29, 1.82) is 0 Å². The Balaban J connectivity index is 2.39. The van der Waals surface area contributed by atoms with E-state index in [1.807, 2.05) is 0 Å². The van der Waals surface area contributed by atoms with E-state index < -0.39 is 53.2 Å². The number of nitro groups is 1. The predicted octanol–water partition coefficient (Wildman–Crippen LogP) is 0.509. The molecule has 1 atom stereocenters. The average molecular weight is 322 g/mol. The summed E-state index contributed by atoms with van der Waals surface area (Å²) >= 11 is 0. The zero-order valence-corrected chi connectivity index (χ0v) is 11.5. The van der Waals surface area contributed by atoms with Gasteiger partial charge in [0.2, 0.25) is 0 Å². The van der Waals surface area contributed by atoms with E-state index in [4.69, 9.17) is 10.2 Å². The number of hydrogen-bond donors (Lipinski definition) is 2. The van der Waals surface area contributed by atoms with Crippen molar-refractivity contribution in [2.45, 2.75) is 18.9 Å². The quantitative estimate of drug-likeness (QED) is 0.436. The largest absolute Gasteiger partial charge is 0.481 e. The van der Waals surface area contributed by atoms with E-state index >= 15 is 0 Å². The van der Waals surface area contributed by atoms with Gasteiger partial charge in [0.15, 0.2) is 0 Å². The number of amides is 2. The van der Waals surface area contributed by atoms with Gasteiger partial charge in [-0.15, -0.1) is 0 Å². The van der Waals surface area contributed by atoms with Gasteiger partial charge in [-0.25, -0.2) is 4.79 Å². The van der Waals surface area contributed by atoms with Crippen LogP contribution in [0.1, 0.15) is 33.6 Å². The molecule has 0 saturated heterocycles. The summed E-state index contributed by atoms with van der Waals surface area (Å²) in [6, 6.07) is 1.34. The summed E-state index contributed by atoms with van der Waals surface area (Å²) in [4.78, 5) is 56.7. The first-order chi connectivity index (χ1) is 10.7. The fourth-order valence-corrected chi connectivity index (χ4v) is 2.27. The van der Waals surface area contributed by atoms with Gasteiger partial charge in [-0.2, -0.15) is 0 Å². The first kappa shape index (κ1) is 16.1. The minimum Gasteiger partial charge on any atom is -0.481 e. The number of non-ortho nitro benzene ring substituents is 1. The standard InChI is InChI=1S/C13H10N2O8/c16-10(17)4-3-9(13(20)21)14-11(18)7-2-1-6(15(22)23)5-8(7)12(14)19/h1-2,5,9H,3-4H2,(H,16,17)(H,20,21)/t9-/m0/s1. The third-order valence-corrected chi connectivity index (χ3v) is 3.34. The first-order valence-corrected chi connectivity index (χ1v) is 6.35. The zero-order valence-electron chi connectivity index (χ0n) is 11.5. The lowest BCUT2D eigenvalue weighted by atomic mass is 10.1. The predicted molar refractivity (Wildman–Crippen MR) is 71.9 cm³/mol. The molecule has 0 aliphatic carbocycles. The van der Waals surface area contributed by atoms with Crippen LogP contribution >= 0.6 is 0 Å². The Morgan fingerprint density at radius 2 is 1.78 bits per heavy atom. The van der Waals surface area contributed by atoms with Crippen LogP contribution in [0.25, 0.3) is 0 Å². The number of imide groups is 1. The van der Waals surface area contributed by atoms with E-state index in [0.717, 1.165) is 18.2 Å². The first-order valence-electron chi connectivity index (χ1n) is 6.35. The van der Waals surface area contributed by atoms with E-state index in [1.165, 1.54) is 0 Å². The summed E-state index contributed by atoms with van der Waals surface area (Å²) in [6.07, 6.45) is -1.01. The number of nitrogens with zero attached hydrogens (tertiary/aromatic N) is 2. The van der Waals surface area contributed by atoms with Crippen LogP contribution in [0.2, 0.25) is 0 Å². The minimum atomic E-state index is -1.66. The van der Waals surface area contributed by atoms with E-state index in [-0.39, 0.29) is 11.1 Å². The molecule has 2 N–H and O–H groups in total. The van der Waals surface area contributed by atoms with Crippen molar-refractivity contribution in [3.05, 3.63) is 39.4 Å². The number of carbonyl (C=O) groups is 4. The van der Waals surface area contributed by atoms with Gasteiger partial charge in [0.05, 0.1) is 16.1 Å². The highest BCUT2D eigenvalue weighted by molar-refractivity contribution is 6.22. The summed E-state index contributed by atoms with van der Waals surface area (Å²) in [5.41, 5.74) is -0.836. The van der Waals surface area contributed by atoms with Gasteiger partial charge in [0.25, 0.3) is 17.5 Å². The Kier molecular flexibility index (Phi) is 4.08. The van der Waals surface area contributed by atoms with Crippen LogP contribution in [0, 0.1) is 10.1 Å². The van der Waals surface area contributed by atoms with Crippen LogP contribution < -0.4 is 0 Å². The Bertz CT molecular complexity index is 741. The molecule has 1 heterocycles. The van der Waals surface area contributed by atoms with Crippen LogP contribution in [0.5, 0.6) is 0 Å². The number of carboxylic acid groups (broad SMARTS) is 2. The molecule has 0 saturated carbocycles. The van der Waals surface area contributed by atoms with Gasteiger partial charge < -0.3 is 10.2 Å². The molecule has 120 valence electrons. The summed E-state index contributed by atoms with van der Waals surface area (Å²) in [5, 5.41) is 28.5. The maximum absolute atomic E-state index is 12.2. The molecule has 2 rings (SSSR count). The number of fused-ring (bicyclic) bond motifs is 1. The maximum Gasteiger partial charge on any atom is 0.326 e. The summed E-state index contributed by atoms with van der Waals surface area (Å²) in [5.74, 6) is -4.72. The third-order valence-electron chi connectivity index (χ3n) is 3.34. The molecule has 0 bridgehead atoms. The number of carbonyl (C=O) groups excluding carboxylic acids is 2. The van der Waals surface area contributed by atoms with Crippen molar-refractivity contribution in [2.24, 2.45) is 0 Å². The molecule has 0 spiro atoms. The smallest absolute Gasteiger partial charge is 0.326 e. The van der Waals surface area contributed by atoms with Crippen LogP contribution in [0.3, 0.4) is 0 Å². The lowest BCUT2D eigenvalue weighted by Crippen LogP contribution is -2.45. The number of rotatable bonds is 6. The van der Waals surface area contributed by atoms with Crippen molar-refractivity contribution in [3.8, 4) is 0 Å². The molecule has 0 aromatic heterocycles. The number of aliphatic carboxylic acids is 2. The van der Waals surface area contributed by atoms with Crippen LogP contribution in [-0.4, -0.2) is 49.8 Å². The monoisotopic (exact) mass is 322 g/mol. The zero-order chi connectivity index (χ0) is 17.3. The lowest BCUT2D eigenvalue weighted by Gasteiger charge is -2.21. The Labute approximate surface area is 128 Å². The topological polar surface area (TPSA) is 155 Å². The highest BCUT2D eigenvalue weighted by Crippen LogP contribution is 2.29. The van der Waals surface area contributed by atoms with E-state index in [9.17, 15) is 29.3 Å². The Morgan fingerprint density at radius 3 is 2.30 bits per heavy atom. The molecule has 0 unspecified atom stereocenters. The Hall–Kier alpha value is -3.30. The average Bonchev–Trinajstić information content (AvgIpc) is 2.71.